The molecule has 0 atom stereocenters. The Balaban J connectivity index is 1.13. The van der Waals surface area contributed by atoms with E-state index in [1.807, 2.05) is 195 Å². The number of anilines is 5. The summed E-state index contributed by atoms with van der Waals surface area (Å²) in [7, 11) is 0. The number of halogens is 4. The molecule has 0 spiro atoms. The highest BCUT2D eigenvalue weighted by Gasteiger charge is 2.26. The van der Waals surface area contributed by atoms with Gasteiger partial charge in [0.1, 0.15) is 23.3 Å². The number of allylic oxidation sites excluding steroid dienone is 4. The second-order valence-electron chi connectivity index (χ2n) is 15.9. The van der Waals surface area contributed by atoms with Crippen LogP contribution in [0.1, 0.15) is 18.1 Å². The van der Waals surface area contributed by atoms with Crippen molar-refractivity contribution in [2.45, 2.75) is 13.3 Å². The maximum absolute atomic E-state index is 16.8. The van der Waals surface area contributed by atoms with Gasteiger partial charge in [-0.1, -0.05) is 164 Å². The van der Waals surface area contributed by atoms with E-state index < -0.39 is 34.4 Å². The van der Waals surface area contributed by atoms with Gasteiger partial charge in [-0.05, 0) is 125 Å². The largest absolute Gasteiger partial charge is 0.314 e. The average molecular weight is 869 g/mol. The average Bonchev–Trinajstić information content (AvgIpc) is 3.35. The molecule has 9 rings (SSSR count). The van der Waals surface area contributed by atoms with E-state index in [-0.39, 0.29) is 11.4 Å². The fourth-order valence-electron chi connectivity index (χ4n) is 8.37. The molecule has 0 aromatic heterocycles. The Hall–Kier alpha value is -8.22. The van der Waals surface area contributed by atoms with E-state index in [1.165, 1.54) is 0 Å². The number of hydrogen-bond donors (Lipinski definition) is 0. The molecule has 0 aliphatic rings. The zero-order valence-corrected chi connectivity index (χ0v) is 36.1. The van der Waals surface area contributed by atoms with Gasteiger partial charge in [-0.3, -0.25) is 0 Å². The molecule has 0 bridgehead atoms. The van der Waals surface area contributed by atoms with E-state index in [1.54, 1.807) is 9.80 Å². The maximum atomic E-state index is 16.8. The summed E-state index contributed by atoms with van der Waals surface area (Å²) in [6.07, 6.45) is 4.76. The van der Waals surface area contributed by atoms with Crippen molar-refractivity contribution >= 4 is 34.0 Å². The first-order valence-electron chi connectivity index (χ1n) is 21.7. The molecule has 322 valence electrons. The molecule has 0 saturated heterocycles. The Morgan fingerprint density at radius 1 is 0.394 bits per heavy atom. The normalized spacial score (nSPS) is 11.7. The van der Waals surface area contributed by atoms with E-state index in [0.29, 0.717) is 29.2 Å². The number of nitrogens with zero attached hydrogens (tertiary/aromatic N) is 2. The van der Waals surface area contributed by atoms with Crippen molar-refractivity contribution in [2.24, 2.45) is 0 Å². The summed E-state index contributed by atoms with van der Waals surface area (Å²) in [4.78, 5) is 3.48. The summed E-state index contributed by atoms with van der Waals surface area (Å²) in [5.41, 5.74) is 7.94. The molecular weight excluding hydrogens is 825 g/mol. The Kier molecular flexibility index (Phi) is 12.8. The van der Waals surface area contributed by atoms with Gasteiger partial charge in [0.15, 0.2) is 0 Å². The van der Waals surface area contributed by atoms with Gasteiger partial charge in [-0.15, -0.1) is 0 Å². The molecule has 0 fully saturated rings. The quantitative estimate of drug-likeness (QED) is 0.0841. The summed E-state index contributed by atoms with van der Waals surface area (Å²) in [5.74, 6) is -4.47. The SMILES string of the molecule is C/C(=C\C(=C/Cc1ccccc1)c1ccccc1)N(c1ccccc1)c1cc(F)c(-c2c(F)cc(N(c3ccccc3)c3cc(-c4ccccc4)cc(-c4ccccc4)c3)cc2F)c(F)c1. The summed E-state index contributed by atoms with van der Waals surface area (Å²) < 4.78 is 66.9. The molecule has 0 aliphatic carbocycles. The van der Waals surface area contributed by atoms with Crippen LogP contribution in [0.3, 0.4) is 0 Å². The topological polar surface area (TPSA) is 6.48 Å². The number of rotatable bonds is 13. The van der Waals surface area contributed by atoms with Crippen LogP contribution < -0.4 is 9.80 Å². The lowest BCUT2D eigenvalue weighted by Gasteiger charge is -2.28. The predicted octanol–water partition coefficient (Wildman–Crippen LogP) is 17.1. The van der Waals surface area contributed by atoms with Gasteiger partial charge >= 0.3 is 0 Å². The number of hydrogen-bond acceptors (Lipinski definition) is 2. The van der Waals surface area contributed by atoms with Crippen molar-refractivity contribution in [3.8, 4) is 33.4 Å². The monoisotopic (exact) mass is 868 g/mol. The second kappa shape index (κ2) is 19.7. The third kappa shape index (κ3) is 9.49. The van der Waals surface area contributed by atoms with Gasteiger partial charge in [0.05, 0.1) is 22.5 Å². The van der Waals surface area contributed by atoms with Crippen molar-refractivity contribution in [3.05, 3.63) is 277 Å². The zero-order chi connectivity index (χ0) is 45.4. The van der Waals surface area contributed by atoms with Crippen LogP contribution in [0.15, 0.2) is 242 Å². The Labute approximate surface area is 383 Å². The van der Waals surface area contributed by atoms with Crippen molar-refractivity contribution in [1.82, 2.24) is 0 Å². The third-order valence-corrected chi connectivity index (χ3v) is 11.5. The van der Waals surface area contributed by atoms with Crippen molar-refractivity contribution in [2.75, 3.05) is 9.80 Å². The van der Waals surface area contributed by atoms with Gasteiger partial charge in [0.25, 0.3) is 0 Å². The Morgan fingerprint density at radius 3 is 1.27 bits per heavy atom. The zero-order valence-electron chi connectivity index (χ0n) is 36.1. The van der Waals surface area contributed by atoms with Crippen LogP contribution in [0.4, 0.5) is 46.0 Å². The van der Waals surface area contributed by atoms with Crippen LogP contribution in [0.25, 0.3) is 39.0 Å². The van der Waals surface area contributed by atoms with Crippen LogP contribution in [0, 0.1) is 23.3 Å². The summed E-state index contributed by atoms with van der Waals surface area (Å²) in [6.45, 7) is 1.87. The molecule has 0 unspecified atom stereocenters. The molecule has 9 aromatic carbocycles. The first kappa shape index (κ1) is 43.1. The molecule has 0 heterocycles. The minimum atomic E-state index is -1.12. The summed E-state index contributed by atoms with van der Waals surface area (Å²) in [5, 5.41) is 0. The van der Waals surface area contributed by atoms with Gasteiger partial charge in [-0.25, -0.2) is 17.6 Å². The van der Waals surface area contributed by atoms with Crippen molar-refractivity contribution < 1.29 is 17.6 Å². The predicted molar refractivity (Wildman–Crippen MR) is 264 cm³/mol. The van der Waals surface area contributed by atoms with Crippen LogP contribution in [0.5, 0.6) is 0 Å². The molecule has 0 radical (unpaired) electrons. The fraction of sp³-hybridized carbons (Fsp3) is 0.0333. The molecular formula is C60H44F4N2. The standard InChI is InChI=1S/C60H44F4N2/c1-42(34-47(44-22-10-3-11-23-44)33-32-43-20-8-2-9-21-43)65(50-28-16-6-17-29-50)53-38-55(61)59(56(62)39-53)60-57(63)40-54(41-58(60)64)66(51-30-18-7-19-31-51)52-36-48(45-24-12-4-13-25-45)35-49(37-52)46-26-14-5-15-27-46/h2-31,33-41H,32H2,1H3/b42-34+,47-33+. The first-order valence-corrected chi connectivity index (χ1v) is 21.7. The van der Waals surface area contributed by atoms with Crippen molar-refractivity contribution in [3.63, 3.8) is 0 Å². The van der Waals surface area contributed by atoms with Gasteiger partial charge < -0.3 is 9.80 Å². The van der Waals surface area contributed by atoms with Gasteiger partial charge in [0, 0.05) is 22.8 Å². The smallest absolute Gasteiger partial charge is 0.136 e. The molecule has 9 aromatic rings. The maximum Gasteiger partial charge on any atom is 0.136 e. The molecule has 2 nitrogen and oxygen atoms in total. The van der Waals surface area contributed by atoms with Crippen molar-refractivity contribution in [1.29, 1.82) is 0 Å². The Bertz CT molecular complexity index is 3030. The van der Waals surface area contributed by atoms with Crippen LogP contribution in [-0.2, 0) is 6.42 Å². The minimum Gasteiger partial charge on any atom is -0.314 e. The third-order valence-electron chi connectivity index (χ3n) is 11.5. The molecule has 6 heteroatoms. The van der Waals surface area contributed by atoms with Gasteiger partial charge in [0.2, 0.25) is 0 Å². The highest BCUT2D eigenvalue weighted by Crippen LogP contribution is 2.43. The summed E-state index contributed by atoms with van der Waals surface area (Å²) >= 11 is 0. The van der Waals surface area contributed by atoms with Crippen LogP contribution in [0.2, 0.25) is 0 Å². The minimum absolute atomic E-state index is 0.132. The molecule has 0 N–H and O–H groups in total. The molecule has 66 heavy (non-hydrogen) atoms. The van der Waals surface area contributed by atoms with E-state index in [4.69, 9.17) is 0 Å². The lowest BCUT2D eigenvalue weighted by molar-refractivity contribution is 0.564. The van der Waals surface area contributed by atoms with Crippen LogP contribution >= 0.6 is 0 Å². The van der Waals surface area contributed by atoms with E-state index in [2.05, 4.69) is 24.3 Å². The second-order valence-corrected chi connectivity index (χ2v) is 15.9. The molecule has 0 aliphatic heterocycles. The van der Waals surface area contributed by atoms with E-state index >= 15 is 17.6 Å². The summed E-state index contributed by atoms with van der Waals surface area (Å²) in [6, 6.07) is 68.7. The lowest BCUT2D eigenvalue weighted by Crippen LogP contribution is -2.16. The highest BCUT2D eigenvalue weighted by atomic mass is 19.1. The van der Waals surface area contributed by atoms with E-state index in [0.717, 1.165) is 63.2 Å². The molecule has 0 amide bonds. The first-order chi connectivity index (χ1) is 32.3. The van der Waals surface area contributed by atoms with Gasteiger partial charge in [-0.2, -0.15) is 0 Å². The van der Waals surface area contributed by atoms with E-state index in [9.17, 15) is 0 Å². The fourth-order valence-corrected chi connectivity index (χ4v) is 8.37. The Morgan fingerprint density at radius 2 is 0.788 bits per heavy atom. The lowest BCUT2D eigenvalue weighted by atomic mass is 9.97. The highest BCUT2D eigenvalue weighted by molar-refractivity contribution is 5.86. The number of para-hydroxylation sites is 2. The molecule has 0 saturated carbocycles. The van der Waals surface area contributed by atoms with Crippen LogP contribution in [-0.4, -0.2) is 0 Å². The number of benzene rings is 9.